The van der Waals surface area contributed by atoms with Gasteiger partial charge in [0.05, 0.1) is 12.6 Å². The number of hydrogen-bond donors (Lipinski definition) is 3. The summed E-state index contributed by atoms with van der Waals surface area (Å²) in [6.07, 6.45) is 0. The molecule has 0 saturated heterocycles. The summed E-state index contributed by atoms with van der Waals surface area (Å²) in [6, 6.07) is 9.87. The van der Waals surface area contributed by atoms with Crippen LogP contribution in [0.2, 0.25) is 0 Å². The van der Waals surface area contributed by atoms with Gasteiger partial charge in [-0.25, -0.2) is 0 Å². The van der Waals surface area contributed by atoms with E-state index in [0.717, 1.165) is 12.1 Å². The zero-order valence-electron chi connectivity index (χ0n) is 7.61. The molecule has 0 heterocycles. The standard InChI is InChI=1S/C10H16N2O/c11-6-7-12-10(8-13)9-4-2-1-3-5-9/h1-5,10,12-13H,6-8,11H2/t10-/m0/s1. The smallest absolute Gasteiger partial charge is 0.0626 e. The fourth-order valence-corrected chi connectivity index (χ4v) is 1.23. The molecule has 0 aromatic heterocycles. The summed E-state index contributed by atoms with van der Waals surface area (Å²) in [4.78, 5) is 0. The van der Waals surface area contributed by atoms with Crippen LogP contribution in [0.5, 0.6) is 0 Å². The molecule has 0 spiro atoms. The van der Waals surface area contributed by atoms with Crippen molar-refractivity contribution in [1.29, 1.82) is 0 Å². The van der Waals surface area contributed by atoms with Gasteiger partial charge in [-0.3, -0.25) is 0 Å². The maximum Gasteiger partial charge on any atom is 0.0626 e. The van der Waals surface area contributed by atoms with Gasteiger partial charge in [-0.05, 0) is 5.56 Å². The molecule has 1 aromatic rings. The van der Waals surface area contributed by atoms with Gasteiger partial charge >= 0.3 is 0 Å². The minimum Gasteiger partial charge on any atom is -0.394 e. The summed E-state index contributed by atoms with van der Waals surface area (Å²) < 4.78 is 0. The van der Waals surface area contributed by atoms with Gasteiger partial charge in [0.25, 0.3) is 0 Å². The van der Waals surface area contributed by atoms with E-state index >= 15 is 0 Å². The monoisotopic (exact) mass is 180 g/mol. The molecule has 0 saturated carbocycles. The van der Waals surface area contributed by atoms with Crippen molar-refractivity contribution in [3.05, 3.63) is 35.9 Å². The third-order valence-corrected chi connectivity index (χ3v) is 1.92. The van der Waals surface area contributed by atoms with E-state index in [9.17, 15) is 0 Å². The van der Waals surface area contributed by atoms with Crippen LogP contribution < -0.4 is 11.1 Å². The molecule has 1 aromatic carbocycles. The Labute approximate surface area is 78.6 Å². The van der Waals surface area contributed by atoms with Crippen molar-refractivity contribution in [2.45, 2.75) is 6.04 Å². The quantitative estimate of drug-likeness (QED) is 0.609. The van der Waals surface area contributed by atoms with Crippen molar-refractivity contribution >= 4 is 0 Å². The van der Waals surface area contributed by atoms with E-state index in [-0.39, 0.29) is 12.6 Å². The van der Waals surface area contributed by atoms with Crippen molar-refractivity contribution in [1.82, 2.24) is 5.32 Å². The number of rotatable bonds is 5. The topological polar surface area (TPSA) is 58.3 Å². The van der Waals surface area contributed by atoms with E-state index < -0.39 is 0 Å². The summed E-state index contributed by atoms with van der Waals surface area (Å²) >= 11 is 0. The summed E-state index contributed by atoms with van der Waals surface area (Å²) in [7, 11) is 0. The minimum atomic E-state index is 0.00440. The normalized spacial score (nSPS) is 12.8. The highest BCUT2D eigenvalue weighted by molar-refractivity contribution is 5.18. The van der Waals surface area contributed by atoms with Gasteiger partial charge in [-0.1, -0.05) is 30.3 Å². The Hall–Kier alpha value is -0.900. The molecule has 1 atom stereocenters. The first-order valence-electron chi connectivity index (χ1n) is 4.47. The van der Waals surface area contributed by atoms with Gasteiger partial charge in [-0.2, -0.15) is 0 Å². The molecule has 72 valence electrons. The highest BCUT2D eigenvalue weighted by atomic mass is 16.3. The van der Waals surface area contributed by atoms with Crippen LogP contribution in [0.1, 0.15) is 11.6 Å². The number of aliphatic hydroxyl groups is 1. The average Bonchev–Trinajstić information content (AvgIpc) is 2.21. The first-order valence-corrected chi connectivity index (χ1v) is 4.47. The molecule has 0 amide bonds. The second kappa shape index (κ2) is 5.70. The van der Waals surface area contributed by atoms with Gasteiger partial charge in [-0.15, -0.1) is 0 Å². The number of hydrogen-bond acceptors (Lipinski definition) is 3. The maximum atomic E-state index is 9.10. The van der Waals surface area contributed by atoms with Crippen LogP contribution in [0.3, 0.4) is 0 Å². The summed E-state index contributed by atoms with van der Waals surface area (Å²) in [5, 5.41) is 12.3. The van der Waals surface area contributed by atoms with E-state index in [2.05, 4.69) is 5.32 Å². The van der Waals surface area contributed by atoms with E-state index in [1.165, 1.54) is 0 Å². The SMILES string of the molecule is NCCN[C@@H](CO)c1ccccc1. The van der Waals surface area contributed by atoms with Crippen LogP contribution >= 0.6 is 0 Å². The lowest BCUT2D eigenvalue weighted by atomic mass is 10.1. The summed E-state index contributed by atoms with van der Waals surface area (Å²) in [6.45, 7) is 1.41. The molecule has 13 heavy (non-hydrogen) atoms. The highest BCUT2D eigenvalue weighted by Gasteiger charge is 2.07. The Balaban J connectivity index is 2.56. The first-order chi connectivity index (χ1) is 6.38. The lowest BCUT2D eigenvalue weighted by molar-refractivity contribution is 0.245. The van der Waals surface area contributed by atoms with Gasteiger partial charge in [0.2, 0.25) is 0 Å². The fraction of sp³-hybridized carbons (Fsp3) is 0.400. The number of benzene rings is 1. The molecular weight excluding hydrogens is 164 g/mol. The van der Waals surface area contributed by atoms with Crippen molar-refractivity contribution in [2.75, 3.05) is 19.7 Å². The molecule has 0 radical (unpaired) electrons. The largest absolute Gasteiger partial charge is 0.394 e. The molecular formula is C10H16N2O. The van der Waals surface area contributed by atoms with E-state index in [1.807, 2.05) is 30.3 Å². The Bertz CT molecular complexity index is 226. The van der Waals surface area contributed by atoms with Crippen molar-refractivity contribution in [3.8, 4) is 0 Å². The van der Waals surface area contributed by atoms with Crippen LogP contribution in [0.15, 0.2) is 30.3 Å². The molecule has 0 aliphatic carbocycles. The van der Waals surface area contributed by atoms with E-state index in [4.69, 9.17) is 10.8 Å². The van der Waals surface area contributed by atoms with Crippen LogP contribution in [-0.2, 0) is 0 Å². The third-order valence-electron chi connectivity index (χ3n) is 1.92. The highest BCUT2D eigenvalue weighted by Crippen LogP contribution is 2.10. The predicted octanol–water partition coefficient (Wildman–Crippen LogP) is 0.268. The van der Waals surface area contributed by atoms with Crippen molar-refractivity contribution < 1.29 is 5.11 Å². The van der Waals surface area contributed by atoms with Gasteiger partial charge in [0.1, 0.15) is 0 Å². The molecule has 3 heteroatoms. The zero-order valence-corrected chi connectivity index (χ0v) is 7.61. The molecule has 0 fully saturated rings. The lowest BCUT2D eigenvalue weighted by Crippen LogP contribution is -2.29. The van der Waals surface area contributed by atoms with E-state index in [0.29, 0.717) is 6.54 Å². The average molecular weight is 180 g/mol. The molecule has 3 nitrogen and oxygen atoms in total. The first kappa shape index (κ1) is 10.2. The summed E-state index contributed by atoms with van der Waals surface area (Å²) in [5.74, 6) is 0. The fourth-order valence-electron chi connectivity index (χ4n) is 1.23. The minimum absolute atomic E-state index is 0.00440. The molecule has 0 aliphatic rings. The van der Waals surface area contributed by atoms with Gasteiger partial charge < -0.3 is 16.2 Å². The second-order valence-corrected chi connectivity index (χ2v) is 2.89. The maximum absolute atomic E-state index is 9.10. The molecule has 0 unspecified atom stereocenters. The van der Waals surface area contributed by atoms with Crippen LogP contribution in [-0.4, -0.2) is 24.8 Å². The van der Waals surface area contributed by atoms with E-state index in [1.54, 1.807) is 0 Å². The second-order valence-electron chi connectivity index (χ2n) is 2.89. The number of nitrogens with two attached hydrogens (primary N) is 1. The van der Waals surface area contributed by atoms with Crippen LogP contribution in [0.25, 0.3) is 0 Å². The van der Waals surface area contributed by atoms with Crippen LogP contribution in [0.4, 0.5) is 0 Å². The molecule has 0 aliphatic heterocycles. The van der Waals surface area contributed by atoms with Crippen LogP contribution in [0, 0.1) is 0 Å². The molecule has 1 rings (SSSR count). The number of aliphatic hydroxyl groups excluding tert-OH is 1. The Kier molecular flexibility index (Phi) is 4.46. The lowest BCUT2D eigenvalue weighted by Gasteiger charge is -2.15. The predicted molar refractivity (Wildman–Crippen MR) is 53.3 cm³/mol. The zero-order chi connectivity index (χ0) is 9.52. The Morgan fingerprint density at radius 3 is 2.54 bits per heavy atom. The summed E-state index contributed by atoms with van der Waals surface area (Å²) in [5.41, 5.74) is 6.46. The number of nitrogens with one attached hydrogen (secondary N) is 1. The van der Waals surface area contributed by atoms with Gasteiger partial charge in [0.15, 0.2) is 0 Å². The molecule has 4 N–H and O–H groups in total. The molecule has 0 bridgehead atoms. The van der Waals surface area contributed by atoms with Crippen molar-refractivity contribution in [3.63, 3.8) is 0 Å². The Morgan fingerprint density at radius 1 is 1.31 bits per heavy atom. The van der Waals surface area contributed by atoms with Gasteiger partial charge in [0, 0.05) is 13.1 Å². The third kappa shape index (κ3) is 3.14. The Morgan fingerprint density at radius 2 is 2.00 bits per heavy atom. The van der Waals surface area contributed by atoms with Crippen molar-refractivity contribution in [2.24, 2.45) is 5.73 Å².